The molecule has 0 radical (unpaired) electrons. The Morgan fingerprint density at radius 3 is 2.48 bits per heavy atom. The minimum absolute atomic E-state index is 0.0236. The molecule has 0 unspecified atom stereocenters. The van der Waals surface area contributed by atoms with Gasteiger partial charge in [-0.2, -0.15) is 0 Å². The molecule has 0 bridgehead atoms. The Hall–Kier alpha value is -2.20. The van der Waals surface area contributed by atoms with E-state index in [-0.39, 0.29) is 27.5 Å². The standard InChI is InChI=1S/C14H8ClIN2O5/c15-11-3-2-8(18(22)23)6-9(11)13(19)17-12-4-1-7(16)5-10(12)14(20)21/h1-6H,(H,17,19)(H,20,21). The Kier molecular flexibility index (Phi) is 5.16. The van der Waals surface area contributed by atoms with E-state index in [4.69, 9.17) is 11.6 Å². The third kappa shape index (κ3) is 3.96. The number of carbonyl (C=O) groups excluding carboxylic acids is 1. The second-order valence-electron chi connectivity index (χ2n) is 4.37. The van der Waals surface area contributed by atoms with Crippen LogP contribution in [0.15, 0.2) is 36.4 Å². The van der Waals surface area contributed by atoms with Crippen molar-refractivity contribution in [1.82, 2.24) is 0 Å². The van der Waals surface area contributed by atoms with Gasteiger partial charge in [0.15, 0.2) is 0 Å². The lowest BCUT2D eigenvalue weighted by Crippen LogP contribution is -2.15. The number of nitrogens with one attached hydrogen (secondary N) is 1. The van der Waals surface area contributed by atoms with Crippen molar-refractivity contribution >= 4 is 57.4 Å². The molecule has 118 valence electrons. The first kappa shape index (κ1) is 17.2. The first-order valence-corrected chi connectivity index (χ1v) is 7.53. The molecule has 0 saturated carbocycles. The van der Waals surface area contributed by atoms with E-state index in [1.165, 1.54) is 24.3 Å². The smallest absolute Gasteiger partial charge is 0.337 e. The highest BCUT2D eigenvalue weighted by molar-refractivity contribution is 14.1. The maximum Gasteiger partial charge on any atom is 0.337 e. The van der Waals surface area contributed by atoms with Crippen molar-refractivity contribution in [3.8, 4) is 0 Å². The number of hydrogen-bond donors (Lipinski definition) is 2. The summed E-state index contributed by atoms with van der Waals surface area (Å²) in [6.07, 6.45) is 0. The maximum absolute atomic E-state index is 12.3. The Morgan fingerprint density at radius 1 is 1.17 bits per heavy atom. The molecule has 9 heteroatoms. The van der Waals surface area contributed by atoms with Crippen LogP contribution in [-0.2, 0) is 0 Å². The number of carboxylic acid groups (broad SMARTS) is 1. The van der Waals surface area contributed by atoms with Gasteiger partial charge < -0.3 is 10.4 Å². The van der Waals surface area contributed by atoms with Crippen LogP contribution in [0.5, 0.6) is 0 Å². The lowest BCUT2D eigenvalue weighted by atomic mass is 10.1. The van der Waals surface area contributed by atoms with Crippen molar-refractivity contribution in [2.75, 3.05) is 5.32 Å². The average Bonchev–Trinajstić information content (AvgIpc) is 2.48. The van der Waals surface area contributed by atoms with E-state index < -0.39 is 16.8 Å². The number of non-ortho nitro benzene ring substituents is 1. The van der Waals surface area contributed by atoms with Gasteiger partial charge in [0.25, 0.3) is 11.6 Å². The van der Waals surface area contributed by atoms with Crippen LogP contribution in [0.2, 0.25) is 5.02 Å². The van der Waals surface area contributed by atoms with Gasteiger partial charge in [-0.15, -0.1) is 0 Å². The van der Waals surface area contributed by atoms with Crippen molar-refractivity contribution in [2.45, 2.75) is 0 Å². The molecule has 7 nitrogen and oxygen atoms in total. The van der Waals surface area contributed by atoms with Crippen LogP contribution >= 0.6 is 34.2 Å². The molecule has 0 aliphatic heterocycles. The summed E-state index contributed by atoms with van der Waals surface area (Å²) < 4.78 is 0.686. The van der Waals surface area contributed by atoms with Gasteiger partial charge >= 0.3 is 5.97 Å². The normalized spacial score (nSPS) is 10.2. The van der Waals surface area contributed by atoms with E-state index in [0.717, 1.165) is 6.07 Å². The van der Waals surface area contributed by atoms with Crippen LogP contribution in [0.3, 0.4) is 0 Å². The van der Waals surface area contributed by atoms with Crippen LogP contribution < -0.4 is 5.32 Å². The third-order valence-electron chi connectivity index (χ3n) is 2.87. The third-order valence-corrected chi connectivity index (χ3v) is 3.87. The highest BCUT2D eigenvalue weighted by Crippen LogP contribution is 2.25. The highest BCUT2D eigenvalue weighted by Gasteiger charge is 2.18. The van der Waals surface area contributed by atoms with Crippen molar-refractivity contribution in [2.24, 2.45) is 0 Å². The molecule has 0 aliphatic carbocycles. The number of benzene rings is 2. The summed E-state index contributed by atoms with van der Waals surface area (Å²) in [5.41, 5.74) is -0.423. The first-order valence-electron chi connectivity index (χ1n) is 6.07. The number of rotatable bonds is 4. The molecule has 2 aromatic rings. The van der Waals surface area contributed by atoms with Crippen molar-refractivity contribution in [3.63, 3.8) is 0 Å². The fourth-order valence-corrected chi connectivity index (χ4v) is 2.49. The second-order valence-corrected chi connectivity index (χ2v) is 6.02. The maximum atomic E-state index is 12.3. The second kappa shape index (κ2) is 6.92. The van der Waals surface area contributed by atoms with Gasteiger partial charge in [-0.25, -0.2) is 4.79 Å². The minimum atomic E-state index is -1.20. The number of amides is 1. The number of nitro benzene ring substituents is 1. The van der Waals surface area contributed by atoms with Gasteiger partial charge in [-0.05, 0) is 46.9 Å². The Labute approximate surface area is 148 Å². The summed E-state index contributed by atoms with van der Waals surface area (Å²) in [5, 5.41) is 22.4. The zero-order valence-corrected chi connectivity index (χ0v) is 14.2. The molecule has 0 fully saturated rings. The number of hydrogen-bond acceptors (Lipinski definition) is 4. The SMILES string of the molecule is O=C(Nc1ccc(I)cc1C(=O)O)c1cc([N+](=O)[O-])ccc1Cl. The van der Waals surface area contributed by atoms with Crippen LogP contribution in [0.4, 0.5) is 11.4 Å². The Bertz CT molecular complexity index is 825. The molecule has 23 heavy (non-hydrogen) atoms. The molecule has 0 saturated heterocycles. The molecule has 2 rings (SSSR count). The van der Waals surface area contributed by atoms with Gasteiger partial charge in [0.1, 0.15) is 0 Å². The molecule has 2 aromatic carbocycles. The fraction of sp³-hybridized carbons (Fsp3) is 0. The van der Waals surface area contributed by atoms with Crippen LogP contribution in [0.1, 0.15) is 20.7 Å². The minimum Gasteiger partial charge on any atom is -0.478 e. The molecule has 1 amide bonds. The van der Waals surface area contributed by atoms with E-state index in [0.29, 0.717) is 3.57 Å². The predicted octanol–water partition coefficient (Wildman–Crippen LogP) is 3.80. The largest absolute Gasteiger partial charge is 0.478 e. The quantitative estimate of drug-likeness (QED) is 0.422. The van der Waals surface area contributed by atoms with E-state index in [9.17, 15) is 24.8 Å². The van der Waals surface area contributed by atoms with Gasteiger partial charge in [0.05, 0.1) is 26.8 Å². The zero-order valence-electron chi connectivity index (χ0n) is 11.2. The molecule has 0 aliphatic rings. The van der Waals surface area contributed by atoms with Gasteiger partial charge in [0, 0.05) is 15.7 Å². The monoisotopic (exact) mass is 446 g/mol. The number of anilines is 1. The Balaban J connectivity index is 2.39. The topological polar surface area (TPSA) is 110 Å². The van der Waals surface area contributed by atoms with Gasteiger partial charge in [0.2, 0.25) is 0 Å². The number of nitrogens with zero attached hydrogens (tertiary/aromatic N) is 1. The van der Waals surface area contributed by atoms with Crippen molar-refractivity contribution in [3.05, 3.63) is 66.2 Å². The number of aromatic carboxylic acids is 1. The zero-order chi connectivity index (χ0) is 17.1. The average molecular weight is 447 g/mol. The van der Waals surface area contributed by atoms with E-state index >= 15 is 0 Å². The summed E-state index contributed by atoms with van der Waals surface area (Å²) in [6, 6.07) is 7.90. The van der Waals surface area contributed by atoms with Crippen molar-refractivity contribution < 1.29 is 19.6 Å². The summed E-state index contributed by atoms with van der Waals surface area (Å²) in [5.74, 6) is -1.94. The number of halogens is 2. The number of carboxylic acids is 1. The molecule has 0 atom stereocenters. The van der Waals surface area contributed by atoms with Crippen molar-refractivity contribution in [1.29, 1.82) is 0 Å². The summed E-state index contributed by atoms with van der Waals surface area (Å²) in [4.78, 5) is 33.6. The molecular weight excluding hydrogens is 439 g/mol. The predicted molar refractivity (Wildman–Crippen MR) is 92.2 cm³/mol. The highest BCUT2D eigenvalue weighted by atomic mass is 127. The summed E-state index contributed by atoms with van der Waals surface area (Å²) in [6.45, 7) is 0. The first-order chi connectivity index (χ1) is 10.8. The van der Waals surface area contributed by atoms with E-state index in [2.05, 4.69) is 5.32 Å². The Morgan fingerprint density at radius 2 is 1.87 bits per heavy atom. The number of carbonyl (C=O) groups is 2. The lowest BCUT2D eigenvalue weighted by molar-refractivity contribution is -0.384. The van der Waals surface area contributed by atoms with Gasteiger partial charge in [-0.3, -0.25) is 14.9 Å². The lowest BCUT2D eigenvalue weighted by Gasteiger charge is -2.10. The summed E-state index contributed by atoms with van der Waals surface area (Å²) in [7, 11) is 0. The van der Waals surface area contributed by atoms with Crippen LogP contribution in [0, 0.1) is 13.7 Å². The molecule has 0 heterocycles. The van der Waals surface area contributed by atoms with Crippen LogP contribution in [-0.4, -0.2) is 21.9 Å². The fourth-order valence-electron chi connectivity index (χ4n) is 1.79. The van der Waals surface area contributed by atoms with Crippen LogP contribution in [0.25, 0.3) is 0 Å². The molecule has 0 spiro atoms. The van der Waals surface area contributed by atoms with E-state index in [1.54, 1.807) is 6.07 Å². The molecule has 0 aromatic heterocycles. The molecular formula is C14H8ClIN2O5. The van der Waals surface area contributed by atoms with E-state index in [1.807, 2.05) is 22.6 Å². The van der Waals surface area contributed by atoms with Gasteiger partial charge in [-0.1, -0.05) is 11.6 Å². The number of nitro groups is 1. The molecule has 2 N–H and O–H groups in total. The summed E-state index contributed by atoms with van der Waals surface area (Å²) >= 11 is 7.83.